The largest absolute Gasteiger partial charge is 0.465 e. The van der Waals surface area contributed by atoms with Gasteiger partial charge in [-0.25, -0.2) is 4.79 Å². The summed E-state index contributed by atoms with van der Waals surface area (Å²) in [6.07, 6.45) is 3.11. The predicted octanol–water partition coefficient (Wildman–Crippen LogP) is 1.92. The smallest absolute Gasteiger partial charge is 0.338 e. The summed E-state index contributed by atoms with van der Waals surface area (Å²) in [5.74, 6) is -0.370. The molecule has 0 atom stereocenters. The topological polar surface area (TPSA) is 26.3 Å². The Morgan fingerprint density at radius 3 is 2.36 bits per heavy atom. The maximum absolute atomic E-state index is 10.5. The van der Waals surface area contributed by atoms with E-state index in [4.69, 9.17) is 0 Å². The number of carbonyl (C=O) groups excluding carboxylic acids is 1. The first-order valence-corrected chi connectivity index (χ1v) is 3.47. The molecule has 0 fully saturated rings. The molecule has 0 bridgehead atoms. The third-order valence-corrected chi connectivity index (χ3v) is 0.919. The van der Waals surface area contributed by atoms with Crippen LogP contribution in [0.5, 0.6) is 0 Å². The standard InChI is InChI=1S/C9H14O2/c1-9(2,3)7-5-6-8(10)11-4/h6-7H,1-4H3. The molecule has 0 rings (SSSR count). The second-order valence-electron chi connectivity index (χ2n) is 3.34. The van der Waals surface area contributed by atoms with Gasteiger partial charge in [-0.2, -0.15) is 0 Å². The summed E-state index contributed by atoms with van der Waals surface area (Å²) in [6, 6.07) is 0. The number of rotatable bonds is 1. The number of hydrogen-bond donors (Lipinski definition) is 0. The summed E-state index contributed by atoms with van der Waals surface area (Å²) in [4.78, 5) is 10.5. The lowest BCUT2D eigenvalue weighted by Crippen LogP contribution is -1.98. The Labute approximate surface area is 67.6 Å². The van der Waals surface area contributed by atoms with Gasteiger partial charge in [0.05, 0.1) is 13.2 Å². The van der Waals surface area contributed by atoms with E-state index in [1.54, 1.807) is 0 Å². The van der Waals surface area contributed by atoms with E-state index in [1.165, 1.54) is 13.2 Å². The van der Waals surface area contributed by atoms with Crippen LogP contribution >= 0.6 is 0 Å². The first-order chi connectivity index (χ1) is 4.95. The van der Waals surface area contributed by atoms with Crippen molar-refractivity contribution in [2.45, 2.75) is 20.8 Å². The van der Waals surface area contributed by atoms with Gasteiger partial charge in [0.15, 0.2) is 0 Å². The van der Waals surface area contributed by atoms with E-state index in [2.05, 4.69) is 10.5 Å². The van der Waals surface area contributed by atoms with E-state index >= 15 is 0 Å². The molecule has 0 saturated heterocycles. The molecule has 0 aliphatic rings. The van der Waals surface area contributed by atoms with Crippen molar-refractivity contribution < 1.29 is 9.53 Å². The van der Waals surface area contributed by atoms with Crippen molar-refractivity contribution in [2.75, 3.05) is 7.11 Å². The second kappa shape index (κ2) is 3.99. The fourth-order valence-corrected chi connectivity index (χ4v) is 0.419. The molecule has 0 amide bonds. The molecule has 0 aromatic heterocycles. The Balaban J connectivity index is 4.12. The minimum absolute atomic E-state index is 0.0600. The Bertz CT molecular complexity index is 190. The highest BCUT2D eigenvalue weighted by molar-refractivity contribution is 5.81. The van der Waals surface area contributed by atoms with Gasteiger partial charge in [0.1, 0.15) is 0 Å². The van der Waals surface area contributed by atoms with Crippen molar-refractivity contribution in [1.82, 2.24) is 0 Å². The summed E-state index contributed by atoms with van der Waals surface area (Å²) in [5, 5.41) is 0. The second-order valence-corrected chi connectivity index (χ2v) is 3.34. The monoisotopic (exact) mass is 154 g/mol. The van der Waals surface area contributed by atoms with Gasteiger partial charge in [0.2, 0.25) is 0 Å². The Hall–Kier alpha value is -1.01. The van der Waals surface area contributed by atoms with Crippen molar-refractivity contribution >= 4 is 5.97 Å². The van der Waals surface area contributed by atoms with Gasteiger partial charge >= 0.3 is 5.97 Å². The molecule has 2 heteroatoms. The van der Waals surface area contributed by atoms with Crippen molar-refractivity contribution in [3.8, 4) is 0 Å². The summed E-state index contributed by atoms with van der Waals surface area (Å²) >= 11 is 0. The zero-order valence-electron chi connectivity index (χ0n) is 7.47. The third-order valence-electron chi connectivity index (χ3n) is 0.919. The average Bonchev–Trinajstić information content (AvgIpc) is 1.85. The van der Waals surface area contributed by atoms with Crippen LogP contribution in [0.3, 0.4) is 0 Å². The molecule has 0 N–H and O–H groups in total. The first-order valence-electron chi connectivity index (χ1n) is 3.47. The zero-order chi connectivity index (χ0) is 8.91. The van der Waals surface area contributed by atoms with Gasteiger partial charge in [-0.1, -0.05) is 20.8 Å². The van der Waals surface area contributed by atoms with Gasteiger partial charge in [0.25, 0.3) is 0 Å². The highest BCUT2D eigenvalue weighted by Gasteiger charge is 2.02. The lowest BCUT2D eigenvalue weighted by molar-refractivity contribution is -0.134. The van der Waals surface area contributed by atoms with Crippen LogP contribution in [-0.4, -0.2) is 13.1 Å². The van der Waals surface area contributed by atoms with Crippen LogP contribution < -0.4 is 0 Å². The van der Waals surface area contributed by atoms with E-state index in [1.807, 2.05) is 26.8 Å². The van der Waals surface area contributed by atoms with Crippen LogP contribution in [0.4, 0.5) is 0 Å². The number of hydrogen-bond acceptors (Lipinski definition) is 2. The lowest BCUT2D eigenvalue weighted by Gasteiger charge is -2.08. The van der Waals surface area contributed by atoms with Crippen molar-refractivity contribution in [2.24, 2.45) is 5.41 Å². The van der Waals surface area contributed by atoms with E-state index < -0.39 is 0 Å². The molecule has 0 aromatic rings. The Kier molecular flexibility index (Phi) is 3.63. The SMILES string of the molecule is COC(=O)C=C=CC(C)(C)C. The maximum atomic E-state index is 10.5. The molecule has 0 unspecified atom stereocenters. The van der Waals surface area contributed by atoms with Gasteiger partial charge in [0, 0.05) is 0 Å². The Morgan fingerprint density at radius 2 is 2.00 bits per heavy atom. The van der Waals surface area contributed by atoms with Crippen LogP contribution in [0.1, 0.15) is 20.8 Å². The van der Waals surface area contributed by atoms with Gasteiger partial charge < -0.3 is 4.74 Å². The van der Waals surface area contributed by atoms with Gasteiger partial charge in [-0.15, -0.1) is 5.73 Å². The quantitative estimate of drug-likeness (QED) is 0.327. The molecule has 0 radical (unpaired) electrons. The van der Waals surface area contributed by atoms with Crippen molar-refractivity contribution in [3.63, 3.8) is 0 Å². The molecule has 0 spiro atoms. The normalized spacial score (nSPS) is 9.82. The molecular weight excluding hydrogens is 140 g/mol. The molecule has 0 aliphatic heterocycles. The summed E-state index contributed by atoms with van der Waals surface area (Å²) < 4.78 is 4.39. The maximum Gasteiger partial charge on any atom is 0.338 e. The molecule has 0 aliphatic carbocycles. The third kappa shape index (κ3) is 6.88. The number of carbonyl (C=O) groups is 1. The van der Waals surface area contributed by atoms with Gasteiger partial charge in [-0.3, -0.25) is 0 Å². The summed E-state index contributed by atoms with van der Waals surface area (Å²) in [5.41, 5.74) is 2.81. The van der Waals surface area contributed by atoms with Crippen LogP contribution in [0.2, 0.25) is 0 Å². The van der Waals surface area contributed by atoms with Crippen molar-refractivity contribution in [1.29, 1.82) is 0 Å². The predicted molar refractivity (Wildman–Crippen MR) is 44.1 cm³/mol. The van der Waals surface area contributed by atoms with E-state index in [9.17, 15) is 4.79 Å². The molecular formula is C9H14O2. The van der Waals surface area contributed by atoms with E-state index in [0.29, 0.717) is 0 Å². The molecule has 0 heterocycles. The fourth-order valence-electron chi connectivity index (χ4n) is 0.419. The average molecular weight is 154 g/mol. The fraction of sp³-hybridized carbons (Fsp3) is 0.556. The van der Waals surface area contributed by atoms with E-state index in [0.717, 1.165) is 0 Å². The number of methoxy groups -OCH3 is 1. The molecule has 0 aromatic carbocycles. The molecule has 62 valence electrons. The van der Waals surface area contributed by atoms with Gasteiger partial charge in [-0.05, 0) is 11.5 Å². The molecule has 2 nitrogen and oxygen atoms in total. The summed E-state index contributed by atoms with van der Waals surface area (Å²) in [7, 11) is 1.34. The van der Waals surface area contributed by atoms with E-state index in [-0.39, 0.29) is 11.4 Å². The minimum Gasteiger partial charge on any atom is -0.465 e. The van der Waals surface area contributed by atoms with Crippen LogP contribution in [0.15, 0.2) is 17.9 Å². The molecule has 0 saturated carbocycles. The lowest BCUT2D eigenvalue weighted by atomic mass is 9.97. The highest BCUT2D eigenvalue weighted by Crippen LogP contribution is 2.12. The van der Waals surface area contributed by atoms with Crippen LogP contribution in [0.25, 0.3) is 0 Å². The van der Waals surface area contributed by atoms with Crippen LogP contribution in [0, 0.1) is 5.41 Å². The molecule has 11 heavy (non-hydrogen) atoms. The van der Waals surface area contributed by atoms with Crippen LogP contribution in [-0.2, 0) is 9.53 Å². The highest BCUT2D eigenvalue weighted by atomic mass is 16.5. The Morgan fingerprint density at radius 1 is 1.45 bits per heavy atom. The van der Waals surface area contributed by atoms with Crippen molar-refractivity contribution in [3.05, 3.63) is 17.9 Å². The summed E-state index contributed by atoms with van der Waals surface area (Å²) in [6.45, 7) is 6.10. The number of esters is 1. The number of ether oxygens (including phenoxy) is 1. The zero-order valence-corrected chi connectivity index (χ0v) is 7.47. The first kappa shape index (κ1) is 9.99. The minimum atomic E-state index is -0.370.